The van der Waals surface area contributed by atoms with Gasteiger partial charge in [0.25, 0.3) is 0 Å². The number of nitrogens with one attached hydrogen (secondary N) is 1. The number of carbonyl (C=O) groups is 2. The van der Waals surface area contributed by atoms with E-state index in [0.29, 0.717) is 19.4 Å². The molecule has 1 amide bonds. The zero-order valence-electron chi connectivity index (χ0n) is 49.7. The van der Waals surface area contributed by atoms with Crippen molar-refractivity contribution in [2.75, 3.05) is 19.8 Å². The van der Waals surface area contributed by atoms with Gasteiger partial charge in [0.2, 0.25) is 5.91 Å². The number of ether oxygens (including phenoxy) is 3. The third kappa shape index (κ3) is 45.0. The Morgan fingerprint density at radius 2 is 0.870 bits per heavy atom. The maximum atomic E-state index is 13.1. The van der Waals surface area contributed by atoms with Gasteiger partial charge in [-0.3, -0.25) is 9.59 Å². The topological polar surface area (TPSA) is 175 Å². The first-order chi connectivity index (χ1) is 37.7. The van der Waals surface area contributed by atoms with Gasteiger partial charge in [-0.25, -0.2) is 0 Å². The molecule has 0 aromatic rings. The van der Waals surface area contributed by atoms with E-state index in [9.17, 15) is 35.1 Å². The van der Waals surface area contributed by atoms with Crippen LogP contribution in [0.1, 0.15) is 296 Å². The van der Waals surface area contributed by atoms with E-state index in [-0.39, 0.29) is 18.5 Å². The second-order valence-corrected chi connectivity index (χ2v) is 22.5. The molecule has 1 fully saturated rings. The van der Waals surface area contributed by atoms with E-state index in [0.717, 1.165) is 83.5 Å². The van der Waals surface area contributed by atoms with E-state index in [1.807, 2.05) is 6.08 Å². The Kier molecular flexibility index (Phi) is 52.4. The molecule has 0 aromatic heterocycles. The lowest BCUT2D eigenvalue weighted by Gasteiger charge is -2.40. The molecule has 0 bridgehead atoms. The van der Waals surface area contributed by atoms with E-state index >= 15 is 0 Å². The molecule has 11 heteroatoms. The van der Waals surface area contributed by atoms with Gasteiger partial charge in [-0.15, -0.1) is 0 Å². The maximum Gasteiger partial charge on any atom is 0.305 e. The smallest absolute Gasteiger partial charge is 0.305 e. The van der Waals surface area contributed by atoms with Gasteiger partial charge in [-0.2, -0.15) is 0 Å². The summed E-state index contributed by atoms with van der Waals surface area (Å²) in [5.41, 5.74) is 0. The lowest BCUT2D eigenvalue weighted by Crippen LogP contribution is -2.60. The Bertz CT molecular complexity index is 1420. The van der Waals surface area contributed by atoms with E-state index < -0.39 is 49.5 Å². The largest absolute Gasteiger partial charge is 0.466 e. The molecular formula is C66H121NO10. The van der Waals surface area contributed by atoms with Crippen molar-refractivity contribution in [3.63, 3.8) is 0 Å². The van der Waals surface area contributed by atoms with Gasteiger partial charge in [0.1, 0.15) is 24.4 Å². The van der Waals surface area contributed by atoms with Crippen LogP contribution in [0.2, 0.25) is 0 Å². The number of unbranched alkanes of at least 4 members (excludes halogenated alkanes) is 36. The molecule has 7 atom stereocenters. The van der Waals surface area contributed by atoms with Gasteiger partial charge >= 0.3 is 5.97 Å². The SMILES string of the molecule is CCCCC/C=C\CCCCCCCC(=O)OCCCCCCCCCCC/C=C\C/C=C\CCCCCCCCCC(=O)NC(COC1OC(CO)C(O)C(O)C1O)C(O)/C=C/CCCCCCCCCCCCCC. The zero-order chi connectivity index (χ0) is 55.9. The summed E-state index contributed by atoms with van der Waals surface area (Å²) in [7, 11) is 0. The molecule has 1 aliphatic rings. The summed E-state index contributed by atoms with van der Waals surface area (Å²) < 4.78 is 16.7. The first-order valence-electron chi connectivity index (χ1n) is 32.4. The van der Waals surface area contributed by atoms with Crippen LogP contribution in [0.4, 0.5) is 0 Å². The van der Waals surface area contributed by atoms with Gasteiger partial charge in [-0.05, 0) is 89.9 Å². The highest BCUT2D eigenvalue weighted by molar-refractivity contribution is 5.76. The van der Waals surface area contributed by atoms with Crippen LogP contribution >= 0.6 is 0 Å². The first-order valence-corrected chi connectivity index (χ1v) is 32.4. The highest BCUT2D eigenvalue weighted by Crippen LogP contribution is 2.23. The average molecular weight is 1090 g/mol. The molecule has 1 saturated heterocycles. The van der Waals surface area contributed by atoms with E-state index in [4.69, 9.17) is 14.2 Å². The minimum atomic E-state index is -1.58. The number of aliphatic hydroxyl groups excluding tert-OH is 5. The number of allylic oxidation sites excluding steroid dienone is 7. The van der Waals surface area contributed by atoms with Crippen LogP contribution in [0.5, 0.6) is 0 Å². The standard InChI is InChI=1S/C66H121NO10/c1-3-5-7-9-11-13-15-17-29-32-36-40-44-48-52-59(69)58(57-76-66-65(74)64(73)63(72)60(56-68)77-66)67-61(70)53-49-45-41-37-33-30-27-25-23-21-19-18-20-22-24-26-28-31-35-39-43-47-51-55-75-62(71)54-50-46-42-38-34-16-14-12-10-8-6-4-2/h12,14,18,20-21,23,48,52,58-60,63-66,68-69,72-74H,3-11,13,15-17,19,22,24-47,49-51,53-57H2,1-2H3,(H,67,70)/b14-12-,20-18-,23-21-,52-48+. The van der Waals surface area contributed by atoms with Crippen LogP contribution in [0.15, 0.2) is 48.6 Å². The molecule has 0 aliphatic carbocycles. The fraction of sp³-hybridized carbons (Fsp3) is 0.848. The van der Waals surface area contributed by atoms with Gasteiger partial charge in [0.15, 0.2) is 6.29 Å². The van der Waals surface area contributed by atoms with Crippen molar-refractivity contribution in [3.8, 4) is 0 Å². The van der Waals surface area contributed by atoms with Crippen molar-refractivity contribution in [3.05, 3.63) is 48.6 Å². The summed E-state index contributed by atoms with van der Waals surface area (Å²) in [5, 5.41) is 54.5. The minimum absolute atomic E-state index is 0.0151. The predicted octanol–water partition coefficient (Wildman–Crippen LogP) is 15.6. The van der Waals surface area contributed by atoms with Gasteiger partial charge < -0.3 is 45.1 Å². The number of carbonyl (C=O) groups excluding carboxylic acids is 2. The highest BCUT2D eigenvalue weighted by Gasteiger charge is 2.44. The van der Waals surface area contributed by atoms with Crippen molar-refractivity contribution in [1.82, 2.24) is 5.32 Å². The molecule has 1 heterocycles. The van der Waals surface area contributed by atoms with Crippen molar-refractivity contribution < 1.29 is 49.3 Å². The van der Waals surface area contributed by atoms with Gasteiger partial charge in [0.05, 0.1) is 32.0 Å². The Hall–Kier alpha value is -2.38. The van der Waals surface area contributed by atoms with Crippen LogP contribution in [0.3, 0.4) is 0 Å². The van der Waals surface area contributed by atoms with Crippen molar-refractivity contribution >= 4 is 11.9 Å². The van der Waals surface area contributed by atoms with Crippen LogP contribution in [0, 0.1) is 0 Å². The zero-order valence-corrected chi connectivity index (χ0v) is 49.7. The molecule has 0 saturated carbocycles. The molecular weight excluding hydrogens is 967 g/mol. The Labute approximate surface area is 472 Å². The summed E-state index contributed by atoms with van der Waals surface area (Å²) in [4.78, 5) is 25.1. The van der Waals surface area contributed by atoms with Crippen LogP contribution in [0.25, 0.3) is 0 Å². The summed E-state index contributed by atoms with van der Waals surface area (Å²) in [6, 6.07) is -0.819. The lowest BCUT2D eigenvalue weighted by atomic mass is 9.99. The normalized spacial score (nSPS) is 18.9. The van der Waals surface area contributed by atoms with E-state index in [1.165, 1.54) is 186 Å². The maximum absolute atomic E-state index is 13.1. The lowest BCUT2D eigenvalue weighted by molar-refractivity contribution is -0.302. The third-order valence-electron chi connectivity index (χ3n) is 15.2. The molecule has 6 N–H and O–H groups in total. The monoisotopic (exact) mass is 1090 g/mol. The number of aliphatic hydroxyl groups is 5. The second kappa shape index (κ2) is 55.5. The quantitative estimate of drug-likeness (QED) is 0.0195. The fourth-order valence-electron chi connectivity index (χ4n) is 9.99. The summed E-state index contributed by atoms with van der Waals surface area (Å²) in [6.45, 7) is 4.32. The summed E-state index contributed by atoms with van der Waals surface area (Å²) in [6.07, 6.45) is 60.6. The molecule has 7 unspecified atom stereocenters. The fourth-order valence-corrected chi connectivity index (χ4v) is 9.99. The Morgan fingerprint density at radius 3 is 1.35 bits per heavy atom. The average Bonchev–Trinajstić information content (AvgIpc) is 3.43. The van der Waals surface area contributed by atoms with Crippen LogP contribution in [-0.2, 0) is 23.8 Å². The Balaban J connectivity index is 2.08. The number of rotatable bonds is 56. The third-order valence-corrected chi connectivity index (χ3v) is 15.2. The van der Waals surface area contributed by atoms with Crippen molar-refractivity contribution in [2.24, 2.45) is 0 Å². The molecule has 11 nitrogen and oxygen atoms in total. The molecule has 1 aliphatic heterocycles. The van der Waals surface area contributed by atoms with Gasteiger partial charge in [0, 0.05) is 12.8 Å². The molecule has 0 aromatic carbocycles. The minimum Gasteiger partial charge on any atom is -0.466 e. The molecule has 0 radical (unpaired) electrons. The van der Waals surface area contributed by atoms with E-state index in [1.54, 1.807) is 6.08 Å². The number of hydrogen-bond donors (Lipinski definition) is 6. The number of amides is 1. The molecule has 450 valence electrons. The van der Waals surface area contributed by atoms with E-state index in [2.05, 4.69) is 55.6 Å². The van der Waals surface area contributed by atoms with Crippen LogP contribution < -0.4 is 5.32 Å². The summed E-state index contributed by atoms with van der Waals surface area (Å²) in [5.74, 6) is -0.207. The predicted molar refractivity (Wildman–Crippen MR) is 320 cm³/mol. The number of hydrogen-bond acceptors (Lipinski definition) is 10. The summed E-state index contributed by atoms with van der Waals surface area (Å²) >= 11 is 0. The molecule has 1 rings (SSSR count). The first kappa shape index (κ1) is 72.6. The van der Waals surface area contributed by atoms with Gasteiger partial charge in [-0.1, -0.05) is 242 Å². The second-order valence-electron chi connectivity index (χ2n) is 22.5. The highest BCUT2D eigenvalue weighted by atomic mass is 16.7. The molecule has 77 heavy (non-hydrogen) atoms. The Morgan fingerprint density at radius 1 is 0.481 bits per heavy atom. The van der Waals surface area contributed by atoms with Crippen molar-refractivity contribution in [1.29, 1.82) is 0 Å². The van der Waals surface area contributed by atoms with Crippen molar-refractivity contribution in [2.45, 2.75) is 339 Å². The molecule has 0 spiro atoms. The van der Waals surface area contributed by atoms with Crippen LogP contribution in [-0.4, -0.2) is 100 Å². The number of esters is 1.